The van der Waals surface area contributed by atoms with Gasteiger partial charge in [0.05, 0.1) is 0 Å². The first-order chi connectivity index (χ1) is 8.71. The zero-order valence-electron chi connectivity index (χ0n) is 10.4. The van der Waals surface area contributed by atoms with Gasteiger partial charge >= 0.3 is 0 Å². The summed E-state index contributed by atoms with van der Waals surface area (Å²) < 4.78 is 14.0. The Labute approximate surface area is 112 Å². The highest BCUT2D eigenvalue weighted by Gasteiger charge is 2.48. The molecule has 1 aromatic rings. The molecule has 0 aromatic heterocycles. The molecule has 1 aromatic carbocycles. The summed E-state index contributed by atoms with van der Waals surface area (Å²) >= 11 is 6.20. The minimum Gasteiger partial charge on any atom is -0.314 e. The van der Waals surface area contributed by atoms with Crippen molar-refractivity contribution >= 4 is 11.6 Å². The van der Waals surface area contributed by atoms with Crippen molar-refractivity contribution in [2.45, 2.75) is 18.3 Å². The Balaban J connectivity index is 1.81. The summed E-state index contributed by atoms with van der Waals surface area (Å²) in [5.41, 5.74) is 0.713. The summed E-state index contributed by atoms with van der Waals surface area (Å²) in [5.74, 6) is -0.143. The highest BCUT2D eigenvalue weighted by Crippen LogP contribution is 2.51. The molecule has 0 radical (unpaired) electrons. The summed E-state index contributed by atoms with van der Waals surface area (Å²) in [5, 5.41) is 3.93. The van der Waals surface area contributed by atoms with E-state index in [0.717, 1.165) is 51.1 Å². The minimum absolute atomic E-state index is 0.0280. The van der Waals surface area contributed by atoms with Gasteiger partial charge in [-0.15, -0.1) is 0 Å². The first-order valence-electron chi connectivity index (χ1n) is 6.59. The smallest absolute Gasteiger partial charge is 0.128 e. The average molecular weight is 269 g/mol. The molecule has 1 saturated heterocycles. The number of hydrogen-bond acceptors (Lipinski definition) is 2. The number of benzene rings is 1. The van der Waals surface area contributed by atoms with E-state index in [1.54, 1.807) is 12.1 Å². The van der Waals surface area contributed by atoms with Gasteiger partial charge in [-0.25, -0.2) is 4.39 Å². The summed E-state index contributed by atoms with van der Waals surface area (Å²) in [7, 11) is 0. The topological polar surface area (TPSA) is 15.3 Å². The van der Waals surface area contributed by atoms with Crippen LogP contribution < -0.4 is 5.32 Å². The van der Waals surface area contributed by atoms with Crippen LogP contribution in [0.25, 0.3) is 0 Å². The fraction of sp³-hybridized carbons (Fsp3) is 0.571. The van der Waals surface area contributed by atoms with Gasteiger partial charge < -0.3 is 5.32 Å². The predicted molar refractivity (Wildman–Crippen MR) is 71.6 cm³/mol. The number of nitrogens with one attached hydrogen (secondary N) is 1. The van der Waals surface area contributed by atoms with Gasteiger partial charge in [-0.3, -0.25) is 4.90 Å². The summed E-state index contributed by atoms with van der Waals surface area (Å²) in [6, 6.07) is 5.01. The molecule has 18 heavy (non-hydrogen) atoms. The van der Waals surface area contributed by atoms with E-state index in [1.807, 2.05) is 0 Å². The van der Waals surface area contributed by atoms with E-state index in [2.05, 4.69) is 10.2 Å². The zero-order chi connectivity index (χ0) is 12.6. The van der Waals surface area contributed by atoms with Gasteiger partial charge in [-0.1, -0.05) is 17.7 Å². The van der Waals surface area contributed by atoms with Crippen molar-refractivity contribution in [2.75, 3.05) is 32.7 Å². The molecule has 0 atom stereocenters. The maximum atomic E-state index is 14.0. The molecule has 1 N–H and O–H groups in total. The van der Waals surface area contributed by atoms with Crippen molar-refractivity contribution in [3.05, 3.63) is 34.6 Å². The molecule has 0 bridgehead atoms. The number of hydrogen-bond donors (Lipinski definition) is 1. The summed E-state index contributed by atoms with van der Waals surface area (Å²) in [6.45, 7) is 5.10. The predicted octanol–water partition coefficient (Wildman–Crippen LogP) is 2.42. The van der Waals surface area contributed by atoms with Crippen molar-refractivity contribution in [2.24, 2.45) is 0 Å². The van der Waals surface area contributed by atoms with Gasteiger partial charge in [-0.2, -0.15) is 0 Å². The number of rotatable bonds is 3. The normalized spacial score (nSPS) is 23.0. The van der Waals surface area contributed by atoms with Crippen molar-refractivity contribution in [3.8, 4) is 0 Å². The Kier molecular flexibility index (Phi) is 3.31. The Morgan fingerprint density at radius 2 is 2.00 bits per heavy atom. The van der Waals surface area contributed by atoms with Crippen molar-refractivity contribution in [1.29, 1.82) is 0 Å². The third-order valence-electron chi connectivity index (χ3n) is 4.08. The first-order valence-corrected chi connectivity index (χ1v) is 6.97. The van der Waals surface area contributed by atoms with Crippen LogP contribution in [0.4, 0.5) is 4.39 Å². The number of piperazine rings is 1. The lowest BCUT2D eigenvalue weighted by atomic mass is 9.94. The molecule has 1 heterocycles. The van der Waals surface area contributed by atoms with Crippen LogP contribution >= 0.6 is 11.6 Å². The molecule has 0 unspecified atom stereocenters. The summed E-state index contributed by atoms with van der Waals surface area (Å²) in [4.78, 5) is 2.42. The van der Waals surface area contributed by atoms with Crippen LogP contribution in [0.3, 0.4) is 0 Å². The van der Waals surface area contributed by atoms with E-state index in [9.17, 15) is 4.39 Å². The molecule has 3 rings (SSSR count). The minimum atomic E-state index is -0.143. The zero-order valence-corrected chi connectivity index (χ0v) is 11.1. The Morgan fingerprint density at radius 1 is 1.28 bits per heavy atom. The van der Waals surface area contributed by atoms with E-state index in [0.29, 0.717) is 5.02 Å². The molecule has 1 aliphatic heterocycles. The van der Waals surface area contributed by atoms with Crippen molar-refractivity contribution in [3.63, 3.8) is 0 Å². The molecule has 1 aliphatic carbocycles. The maximum Gasteiger partial charge on any atom is 0.128 e. The van der Waals surface area contributed by atoms with Crippen LogP contribution in [0.5, 0.6) is 0 Å². The van der Waals surface area contributed by atoms with Crippen LogP contribution in [-0.4, -0.2) is 37.6 Å². The molecule has 2 fully saturated rings. The molecule has 4 heteroatoms. The fourth-order valence-corrected chi connectivity index (χ4v) is 3.30. The van der Waals surface area contributed by atoms with Crippen LogP contribution in [0.15, 0.2) is 18.2 Å². The van der Waals surface area contributed by atoms with Gasteiger partial charge in [0.2, 0.25) is 0 Å². The summed E-state index contributed by atoms with van der Waals surface area (Å²) in [6.07, 6.45) is 2.11. The molecule has 0 spiro atoms. The number of halogens is 2. The lowest BCUT2D eigenvalue weighted by molar-refractivity contribution is 0.219. The van der Waals surface area contributed by atoms with E-state index < -0.39 is 0 Å². The standard InChI is InChI=1S/C14H18ClFN2/c15-11-2-1-3-12(16)13(11)14(4-5-14)10-18-8-6-17-7-9-18/h1-3,17H,4-10H2. The molecular weight excluding hydrogens is 251 g/mol. The van der Waals surface area contributed by atoms with Crippen LogP contribution in [0.2, 0.25) is 5.02 Å². The highest BCUT2D eigenvalue weighted by atomic mass is 35.5. The molecular formula is C14H18ClFN2. The Bertz CT molecular complexity index is 419. The van der Waals surface area contributed by atoms with Crippen LogP contribution in [-0.2, 0) is 5.41 Å². The van der Waals surface area contributed by atoms with Gasteiger partial charge in [0.25, 0.3) is 0 Å². The SMILES string of the molecule is Fc1cccc(Cl)c1C1(CN2CCNCC2)CC1. The second-order valence-corrected chi connectivity index (χ2v) is 5.81. The highest BCUT2D eigenvalue weighted by molar-refractivity contribution is 6.31. The van der Waals surface area contributed by atoms with Crippen molar-refractivity contribution in [1.82, 2.24) is 10.2 Å². The molecule has 2 aliphatic rings. The Hall–Kier alpha value is -0.640. The third kappa shape index (κ3) is 2.27. The van der Waals surface area contributed by atoms with Gasteiger partial charge in [0.15, 0.2) is 0 Å². The van der Waals surface area contributed by atoms with E-state index in [4.69, 9.17) is 11.6 Å². The molecule has 98 valence electrons. The lowest BCUT2D eigenvalue weighted by Gasteiger charge is -2.31. The molecule has 2 nitrogen and oxygen atoms in total. The second-order valence-electron chi connectivity index (χ2n) is 5.40. The molecule has 0 amide bonds. The van der Waals surface area contributed by atoms with Gasteiger partial charge in [0.1, 0.15) is 5.82 Å². The monoisotopic (exact) mass is 268 g/mol. The lowest BCUT2D eigenvalue weighted by Crippen LogP contribution is -2.46. The first kappa shape index (κ1) is 12.4. The third-order valence-corrected chi connectivity index (χ3v) is 4.40. The maximum absolute atomic E-state index is 14.0. The quantitative estimate of drug-likeness (QED) is 0.906. The average Bonchev–Trinajstić information content (AvgIpc) is 3.10. The molecule has 1 saturated carbocycles. The van der Waals surface area contributed by atoms with Crippen molar-refractivity contribution < 1.29 is 4.39 Å². The second kappa shape index (κ2) is 4.80. The van der Waals surface area contributed by atoms with Crippen LogP contribution in [0, 0.1) is 5.82 Å². The van der Waals surface area contributed by atoms with E-state index in [-0.39, 0.29) is 11.2 Å². The van der Waals surface area contributed by atoms with Gasteiger partial charge in [-0.05, 0) is 25.0 Å². The van der Waals surface area contributed by atoms with Gasteiger partial charge in [0, 0.05) is 48.7 Å². The Morgan fingerprint density at radius 3 is 2.61 bits per heavy atom. The van der Waals surface area contributed by atoms with E-state index >= 15 is 0 Å². The van der Waals surface area contributed by atoms with Crippen LogP contribution in [0.1, 0.15) is 18.4 Å². The number of nitrogens with zero attached hydrogens (tertiary/aromatic N) is 1. The largest absolute Gasteiger partial charge is 0.314 e. The fourth-order valence-electron chi connectivity index (χ4n) is 2.94. The van der Waals surface area contributed by atoms with E-state index in [1.165, 1.54) is 6.07 Å².